The van der Waals surface area contributed by atoms with Crippen molar-refractivity contribution in [3.8, 4) is 0 Å². The number of fused-ring (bicyclic) bond motifs is 1. The molecule has 1 heterocycles. The monoisotopic (exact) mass is 343 g/mol. The summed E-state index contributed by atoms with van der Waals surface area (Å²) in [5.74, 6) is -1.18. The molecule has 0 bridgehead atoms. The minimum absolute atomic E-state index is 0.180. The maximum atomic E-state index is 12.0. The van der Waals surface area contributed by atoms with Gasteiger partial charge in [0, 0.05) is 21.7 Å². The van der Waals surface area contributed by atoms with Crippen molar-refractivity contribution in [2.75, 3.05) is 0 Å². The van der Waals surface area contributed by atoms with Gasteiger partial charge in [-0.15, -0.1) is 0 Å². The van der Waals surface area contributed by atoms with Crippen LogP contribution in [0.4, 0.5) is 0 Å². The predicted molar refractivity (Wildman–Crippen MR) is 73.6 cm³/mol. The van der Waals surface area contributed by atoms with E-state index >= 15 is 0 Å². The second-order valence-corrected chi connectivity index (χ2v) is 4.87. The highest BCUT2D eigenvalue weighted by atomic mass is 127. The summed E-state index contributed by atoms with van der Waals surface area (Å²) in [5, 5.41) is 9.44. The summed E-state index contributed by atoms with van der Waals surface area (Å²) >= 11 is 2.16. The number of carbonyl (C=O) groups is 1. The van der Waals surface area contributed by atoms with Gasteiger partial charge in [0.05, 0.1) is 5.52 Å². The molecule has 1 N–H and O–H groups in total. The third-order valence-electron chi connectivity index (χ3n) is 2.61. The van der Waals surface area contributed by atoms with Gasteiger partial charge in [0.15, 0.2) is 0 Å². The summed E-state index contributed by atoms with van der Waals surface area (Å²) in [6.45, 7) is 2.53. The lowest BCUT2D eigenvalue weighted by Gasteiger charge is -2.10. The average Bonchev–Trinajstić information content (AvgIpc) is 2.29. The molecule has 0 unspecified atom stereocenters. The topological polar surface area (TPSA) is 59.3 Å². The van der Waals surface area contributed by atoms with Crippen LogP contribution in [0.15, 0.2) is 29.2 Å². The Morgan fingerprint density at radius 2 is 2.18 bits per heavy atom. The molecule has 1 aromatic heterocycles. The number of halogens is 1. The van der Waals surface area contributed by atoms with E-state index in [0.29, 0.717) is 11.9 Å². The van der Waals surface area contributed by atoms with Crippen molar-refractivity contribution in [1.82, 2.24) is 4.57 Å². The predicted octanol–water partition coefficient (Wildman–Crippen LogP) is 2.32. The van der Waals surface area contributed by atoms with Gasteiger partial charge >= 0.3 is 5.97 Å². The molecule has 17 heavy (non-hydrogen) atoms. The Morgan fingerprint density at radius 3 is 2.76 bits per heavy atom. The molecule has 0 atom stereocenters. The lowest BCUT2D eigenvalue weighted by Crippen LogP contribution is -2.18. The molecule has 0 aliphatic carbocycles. The maximum Gasteiger partial charge on any atom is 0.341 e. The number of pyridine rings is 1. The van der Waals surface area contributed by atoms with Crippen LogP contribution >= 0.6 is 22.6 Å². The highest BCUT2D eigenvalue weighted by Crippen LogP contribution is 2.16. The van der Waals surface area contributed by atoms with Crippen LogP contribution in [0.2, 0.25) is 0 Å². The standard InChI is InChI=1S/C12H10INO3/c1-2-14-6-9(12(16)17)11(15)8-4-3-7(13)5-10(8)14/h3-6H,2H2,1H3,(H,16,17). The third kappa shape index (κ3) is 2.06. The lowest BCUT2D eigenvalue weighted by atomic mass is 10.1. The number of rotatable bonds is 2. The number of benzene rings is 1. The van der Waals surface area contributed by atoms with E-state index in [1.54, 1.807) is 16.7 Å². The van der Waals surface area contributed by atoms with E-state index in [1.807, 2.05) is 13.0 Å². The highest BCUT2D eigenvalue weighted by molar-refractivity contribution is 14.1. The molecule has 0 saturated heterocycles. The second-order valence-electron chi connectivity index (χ2n) is 3.62. The van der Waals surface area contributed by atoms with Crippen molar-refractivity contribution in [2.24, 2.45) is 0 Å². The van der Waals surface area contributed by atoms with Crippen molar-refractivity contribution in [2.45, 2.75) is 13.5 Å². The fraction of sp³-hybridized carbons (Fsp3) is 0.167. The van der Waals surface area contributed by atoms with Gasteiger partial charge < -0.3 is 9.67 Å². The fourth-order valence-corrected chi connectivity index (χ4v) is 2.25. The van der Waals surface area contributed by atoms with Crippen molar-refractivity contribution in [1.29, 1.82) is 0 Å². The Hall–Kier alpha value is -1.37. The summed E-state index contributed by atoms with van der Waals surface area (Å²) in [7, 11) is 0. The molecular weight excluding hydrogens is 333 g/mol. The summed E-state index contributed by atoms with van der Waals surface area (Å²) in [4.78, 5) is 22.9. The molecule has 0 fully saturated rings. The van der Waals surface area contributed by atoms with E-state index in [9.17, 15) is 9.59 Å². The zero-order valence-corrected chi connectivity index (χ0v) is 11.3. The van der Waals surface area contributed by atoms with Gasteiger partial charge in [-0.3, -0.25) is 4.79 Å². The Kier molecular flexibility index (Phi) is 3.19. The Labute approximate surface area is 111 Å². The Morgan fingerprint density at radius 1 is 1.47 bits per heavy atom. The van der Waals surface area contributed by atoms with Crippen LogP contribution in [-0.4, -0.2) is 15.6 Å². The minimum atomic E-state index is -1.18. The molecule has 2 aromatic rings. The van der Waals surface area contributed by atoms with E-state index in [4.69, 9.17) is 5.11 Å². The first-order valence-corrected chi connectivity index (χ1v) is 6.18. The number of hydrogen-bond acceptors (Lipinski definition) is 2. The molecule has 0 saturated carbocycles. The van der Waals surface area contributed by atoms with E-state index < -0.39 is 11.4 Å². The van der Waals surface area contributed by atoms with Crippen LogP contribution < -0.4 is 5.43 Å². The molecule has 0 spiro atoms. The molecule has 0 amide bonds. The molecule has 0 aliphatic heterocycles. The quantitative estimate of drug-likeness (QED) is 0.852. The van der Waals surface area contributed by atoms with Crippen LogP contribution in [0, 0.1) is 3.57 Å². The Balaban J connectivity index is 2.95. The zero-order chi connectivity index (χ0) is 12.6. The van der Waals surface area contributed by atoms with Crippen LogP contribution in [0.25, 0.3) is 10.9 Å². The van der Waals surface area contributed by atoms with Crippen molar-refractivity contribution in [3.05, 3.63) is 43.8 Å². The SMILES string of the molecule is CCn1cc(C(=O)O)c(=O)c2ccc(I)cc21. The average molecular weight is 343 g/mol. The summed E-state index contributed by atoms with van der Waals surface area (Å²) in [5.41, 5.74) is 0.170. The Bertz CT molecular complexity index is 661. The normalized spacial score (nSPS) is 10.7. The van der Waals surface area contributed by atoms with Gasteiger partial charge in [-0.25, -0.2) is 4.79 Å². The molecule has 4 nitrogen and oxygen atoms in total. The van der Waals surface area contributed by atoms with Crippen LogP contribution in [-0.2, 0) is 6.54 Å². The van der Waals surface area contributed by atoms with E-state index in [0.717, 1.165) is 9.09 Å². The van der Waals surface area contributed by atoms with Crippen LogP contribution in [0.5, 0.6) is 0 Å². The molecule has 2 rings (SSSR count). The number of aromatic carboxylic acids is 1. The molecule has 88 valence electrons. The van der Waals surface area contributed by atoms with Crippen LogP contribution in [0.3, 0.4) is 0 Å². The van der Waals surface area contributed by atoms with Crippen LogP contribution in [0.1, 0.15) is 17.3 Å². The first kappa shape index (κ1) is 12.1. The van der Waals surface area contributed by atoms with E-state index in [-0.39, 0.29) is 5.56 Å². The molecule has 1 aromatic carbocycles. The first-order valence-electron chi connectivity index (χ1n) is 5.10. The number of nitrogens with zero attached hydrogens (tertiary/aromatic N) is 1. The smallest absolute Gasteiger partial charge is 0.341 e. The number of aryl methyl sites for hydroxylation is 1. The van der Waals surface area contributed by atoms with Gasteiger partial charge in [0.25, 0.3) is 0 Å². The van der Waals surface area contributed by atoms with Crippen molar-refractivity contribution >= 4 is 39.5 Å². The summed E-state index contributed by atoms with van der Waals surface area (Å²) < 4.78 is 2.79. The van der Waals surface area contributed by atoms with Gasteiger partial charge in [-0.2, -0.15) is 0 Å². The molecular formula is C12H10INO3. The number of hydrogen-bond donors (Lipinski definition) is 1. The third-order valence-corrected chi connectivity index (χ3v) is 3.29. The number of aromatic nitrogens is 1. The van der Waals surface area contributed by atoms with Gasteiger partial charge in [0.2, 0.25) is 5.43 Å². The summed E-state index contributed by atoms with van der Waals surface area (Å²) in [6.07, 6.45) is 1.41. The van der Waals surface area contributed by atoms with Gasteiger partial charge in [0.1, 0.15) is 5.56 Å². The largest absolute Gasteiger partial charge is 0.477 e. The van der Waals surface area contributed by atoms with E-state index in [2.05, 4.69) is 22.6 Å². The second kappa shape index (κ2) is 4.48. The van der Waals surface area contributed by atoms with Crippen molar-refractivity contribution in [3.63, 3.8) is 0 Å². The van der Waals surface area contributed by atoms with Crippen molar-refractivity contribution < 1.29 is 9.90 Å². The first-order chi connectivity index (χ1) is 8.04. The maximum absolute atomic E-state index is 12.0. The molecule has 0 radical (unpaired) electrons. The highest BCUT2D eigenvalue weighted by Gasteiger charge is 2.13. The molecule has 0 aliphatic rings. The number of carboxylic acid groups (broad SMARTS) is 1. The number of carboxylic acids is 1. The summed E-state index contributed by atoms with van der Waals surface area (Å²) in [6, 6.07) is 5.36. The lowest BCUT2D eigenvalue weighted by molar-refractivity contribution is 0.0695. The fourth-order valence-electron chi connectivity index (χ4n) is 1.78. The minimum Gasteiger partial charge on any atom is -0.477 e. The zero-order valence-electron chi connectivity index (χ0n) is 9.11. The molecule has 5 heteroatoms. The van der Waals surface area contributed by atoms with Gasteiger partial charge in [-0.1, -0.05) is 0 Å². The van der Waals surface area contributed by atoms with E-state index in [1.165, 1.54) is 6.20 Å². The van der Waals surface area contributed by atoms with Gasteiger partial charge in [-0.05, 0) is 47.7 Å².